The van der Waals surface area contributed by atoms with Crippen LogP contribution in [0.1, 0.15) is 30.6 Å². The molecule has 88 valence electrons. The zero-order valence-corrected chi connectivity index (χ0v) is 11.0. The third kappa shape index (κ3) is 2.89. The fourth-order valence-electron chi connectivity index (χ4n) is 1.51. The lowest BCUT2D eigenvalue weighted by molar-refractivity contribution is 0.0825. The van der Waals surface area contributed by atoms with Crippen molar-refractivity contribution < 1.29 is 9.18 Å². The van der Waals surface area contributed by atoms with Gasteiger partial charge in [-0.1, -0.05) is 29.8 Å². The number of Topliss-reactive ketones (excluding diaryl/α,β-unsaturated/α-hetero) is 1. The maximum Gasteiger partial charge on any atom is 0.171 e. The first-order valence-corrected chi connectivity index (χ1v) is 5.87. The Hall–Kier alpha value is -0.740. The third-order valence-corrected chi connectivity index (χ3v) is 3.05. The molecule has 1 aromatic carbocycles. The van der Waals surface area contributed by atoms with E-state index in [4.69, 9.17) is 5.73 Å². The second-order valence-corrected chi connectivity index (χ2v) is 5.29. The Morgan fingerprint density at radius 3 is 2.69 bits per heavy atom. The Labute approximate surface area is 103 Å². The molecule has 0 heterocycles. The summed E-state index contributed by atoms with van der Waals surface area (Å²) in [7, 11) is 0. The van der Waals surface area contributed by atoms with Crippen LogP contribution >= 0.6 is 15.9 Å². The van der Waals surface area contributed by atoms with Crippen molar-refractivity contribution in [3.05, 3.63) is 34.1 Å². The number of nitrogens with two attached hydrogens (primary N) is 1. The molecular formula is C12H15BrFNO. The average molecular weight is 288 g/mol. The van der Waals surface area contributed by atoms with Gasteiger partial charge in [0, 0.05) is 9.89 Å². The fourth-order valence-corrected chi connectivity index (χ4v) is 1.87. The maximum atomic E-state index is 13.5. The molecule has 0 aliphatic carbocycles. The van der Waals surface area contributed by atoms with Crippen molar-refractivity contribution in [1.82, 2.24) is 0 Å². The van der Waals surface area contributed by atoms with Crippen molar-refractivity contribution in [2.75, 3.05) is 6.54 Å². The van der Waals surface area contributed by atoms with Crippen LogP contribution in [-0.4, -0.2) is 12.3 Å². The third-order valence-electron chi connectivity index (χ3n) is 2.56. The van der Waals surface area contributed by atoms with Crippen molar-refractivity contribution in [3.8, 4) is 0 Å². The summed E-state index contributed by atoms with van der Waals surface area (Å²) in [6, 6.07) is 4.37. The van der Waals surface area contributed by atoms with Crippen LogP contribution in [0.15, 0.2) is 22.7 Å². The molecule has 16 heavy (non-hydrogen) atoms. The summed E-state index contributed by atoms with van der Waals surface area (Å²) in [4.78, 5) is 12.1. The molecule has 2 N–H and O–H groups in total. The Morgan fingerprint density at radius 2 is 2.12 bits per heavy atom. The minimum Gasteiger partial charge on any atom is -0.330 e. The molecule has 4 heteroatoms. The van der Waals surface area contributed by atoms with Gasteiger partial charge in [0.15, 0.2) is 5.78 Å². The summed E-state index contributed by atoms with van der Waals surface area (Å²) in [5.74, 6) is -0.699. The van der Waals surface area contributed by atoms with Crippen molar-refractivity contribution in [2.24, 2.45) is 11.1 Å². The molecule has 0 saturated carbocycles. The molecular weight excluding hydrogens is 273 g/mol. The van der Waals surface area contributed by atoms with Gasteiger partial charge < -0.3 is 5.73 Å². The Morgan fingerprint density at radius 1 is 1.50 bits per heavy atom. The van der Waals surface area contributed by atoms with E-state index in [1.165, 1.54) is 12.1 Å². The van der Waals surface area contributed by atoms with Crippen LogP contribution in [-0.2, 0) is 0 Å². The number of halogens is 2. The molecule has 0 fully saturated rings. The average Bonchev–Trinajstić information content (AvgIpc) is 2.20. The van der Waals surface area contributed by atoms with E-state index in [0.29, 0.717) is 17.4 Å². The lowest BCUT2D eigenvalue weighted by atomic mass is 9.81. The number of rotatable bonds is 4. The highest BCUT2D eigenvalue weighted by atomic mass is 79.9. The minimum atomic E-state index is -0.629. The molecule has 0 atom stereocenters. The summed E-state index contributed by atoms with van der Waals surface area (Å²) >= 11 is 3.23. The van der Waals surface area contributed by atoms with E-state index >= 15 is 0 Å². The molecule has 1 aromatic rings. The molecule has 0 amide bonds. The first-order valence-electron chi connectivity index (χ1n) is 5.08. The first-order chi connectivity index (χ1) is 7.38. The lowest BCUT2D eigenvalue weighted by Crippen LogP contribution is -2.28. The SMILES string of the molecule is CC(C)(CCN)C(=O)c1cc(Br)ccc1F. The molecule has 0 aromatic heterocycles. The van der Waals surface area contributed by atoms with Crippen LogP contribution in [0.5, 0.6) is 0 Å². The number of ketones is 1. The molecule has 0 saturated heterocycles. The molecule has 0 radical (unpaired) electrons. The predicted molar refractivity (Wildman–Crippen MR) is 65.9 cm³/mol. The largest absolute Gasteiger partial charge is 0.330 e. The molecule has 0 aliphatic rings. The zero-order valence-electron chi connectivity index (χ0n) is 9.39. The fraction of sp³-hybridized carbons (Fsp3) is 0.417. The van der Waals surface area contributed by atoms with Crippen molar-refractivity contribution in [2.45, 2.75) is 20.3 Å². The van der Waals surface area contributed by atoms with E-state index < -0.39 is 11.2 Å². The lowest BCUT2D eigenvalue weighted by Gasteiger charge is -2.22. The standard InChI is InChI=1S/C12H15BrFNO/c1-12(2,5-6-15)11(16)9-7-8(13)3-4-10(9)14/h3-4,7H,5-6,15H2,1-2H3. The predicted octanol–water partition coefficient (Wildman–Crippen LogP) is 3.15. The maximum absolute atomic E-state index is 13.5. The van der Waals surface area contributed by atoms with Crippen molar-refractivity contribution in [1.29, 1.82) is 0 Å². The van der Waals surface area contributed by atoms with Crippen molar-refractivity contribution >= 4 is 21.7 Å². The van der Waals surface area contributed by atoms with Crippen LogP contribution < -0.4 is 5.73 Å². The van der Waals surface area contributed by atoms with Crippen LogP contribution in [0.4, 0.5) is 4.39 Å². The highest BCUT2D eigenvalue weighted by Crippen LogP contribution is 2.28. The summed E-state index contributed by atoms with van der Waals surface area (Å²) in [6.45, 7) is 3.97. The summed E-state index contributed by atoms with van der Waals surface area (Å²) in [5.41, 5.74) is 4.93. The normalized spacial score (nSPS) is 11.6. The molecule has 1 rings (SSSR count). The van der Waals surface area contributed by atoms with E-state index in [-0.39, 0.29) is 11.3 Å². The summed E-state index contributed by atoms with van der Waals surface area (Å²) < 4.78 is 14.2. The van der Waals surface area contributed by atoms with Gasteiger partial charge >= 0.3 is 0 Å². The van der Waals surface area contributed by atoms with E-state index in [1.54, 1.807) is 19.9 Å². The van der Waals surface area contributed by atoms with Crippen LogP contribution in [0.2, 0.25) is 0 Å². The highest BCUT2D eigenvalue weighted by molar-refractivity contribution is 9.10. The minimum absolute atomic E-state index is 0.118. The van der Waals surface area contributed by atoms with Crippen LogP contribution in [0.25, 0.3) is 0 Å². The molecule has 0 unspecified atom stereocenters. The van der Waals surface area contributed by atoms with Gasteiger partial charge in [-0.25, -0.2) is 4.39 Å². The van der Waals surface area contributed by atoms with E-state index in [1.807, 2.05) is 0 Å². The van der Waals surface area contributed by atoms with Crippen LogP contribution in [0, 0.1) is 11.2 Å². The highest BCUT2D eigenvalue weighted by Gasteiger charge is 2.29. The second-order valence-electron chi connectivity index (χ2n) is 4.38. The van der Waals surface area contributed by atoms with E-state index in [9.17, 15) is 9.18 Å². The Bertz CT molecular complexity index is 404. The van der Waals surface area contributed by atoms with Gasteiger partial charge in [-0.05, 0) is 31.2 Å². The number of carbonyl (C=O) groups excluding carboxylic acids is 1. The number of hydrogen-bond acceptors (Lipinski definition) is 2. The van der Waals surface area contributed by atoms with Gasteiger partial charge in [-0.2, -0.15) is 0 Å². The zero-order chi connectivity index (χ0) is 12.3. The molecule has 0 aliphatic heterocycles. The van der Waals surface area contributed by atoms with E-state index in [2.05, 4.69) is 15.9 Å². The van der Waals surface area contributed by atoms with Crippen molar-refractivity contribution in [3.63, 3.8) is 0 Å². The molecule has 2 nitrogen and oxygen atoms in total. The van der Waals surface area contributed by atoms with Crippen LogP contribution in [0.3, 0.4) is 0 Å². The summed E-state index contributed by atoms with van der Waals surface area (Å²) in [5, 5.41) is 0. The second kappa shape index (κ2) is 5.06. The number of carbonyl (C=O) groups is 1. The van der Waals surface area contributed by atoms with Gasteiger partial charge in [0.05, 0.1) is 5.56 Å². The monoisotopic (exact) mass is 287 g/mol. The van der Waals surface area contributed by atoms with Gasteiger partial charge in [-0.15, -0.1) is 0 Å². The number of benzene rings is 1. The van der Waals surface area contributed by atoms with Gasteiger partial charge in [0.25, 0.3) is 0 Å². The molecule has 0 bridgehead atoms. The Kier molecular flexibility index (Phi) is 4.21. The smallest absolute Gasteiger partial charge is 0.171 e. The first kappa shape index (κ1) is 13.3. The van der Waals surface area contributed by atoms with Gasteiger partial charge in [-0.3, -0.25) is 4.79 Å². The Balaban J connectivity index is 3.09. The summed E-state index contributed by atoms with van der Waals surface area (Å²) in [6.07, 6.45) is 0.539. The number of hydrogen-bond donors (Lipinski definition) is 1. The topological polar surface area (TPSA) is 43.1 Å². The quantitative estimate of drug-likeness (QED) is 0.865. The van der Waals surface area contributed by atoms with Gasteiger partial charge in [0.1, 0.15) is 5.82 Å². The molecule has 0 spiro atoms. The van der Waals surface area contributed by atoms with Gasteiger partial charge in [0.2, 0.25) is 0 Å². The van der Waals surface area contributed by atoms with E-state index in [0.717, 1.165) is 0 Å².